The number of nitrogens with one attached hydrogen (secondary N) is 1. The summed E-state index contributed by atoms with van der Waals surface area (Å²) in [6.07, 6.45) is 1.23. The topological polar surface area (TPSA) is 45.1 Å². The number of nitrogens with zero attached hydrogens (tertiary/aromatic N) is 2. The molecule has 0 aliphatic carbocycles. The van der Waals surface area contributed by atoms with Crippen LogP contribution in [0.2, 0.25) is 0 Å². The van der Waals surface area contributed by atoms with Gasteiger partial charge in [0.15, 0.2) is 11.8 Å². The van der Waals surface area contributed by atoms with Crippen molar-refractivity contribution in [2.24, 2.45) is 11.8 Å². The molecule has 3 atom stereocenters. The van der Waals surface area contributed by atoms with Crippen LogP contribution in [0.15, 0.2) is 24.3 Å². The number of anilines is 1. The highest BCUT2D eigenvalue weighted by atomic mass is 16.2. The Labute approximate surface area is 163 Å². The highest BCUT2D eigenvalue weighted by Gasteiger charge is 2.34. The van der Waals surface area contributed by atoms with Gasteiger partial charge in [-0.15, -0.1) is 0 Å². The molecule has 5 nitrogen and oxygen atoms in total. The van der Waals surface area contributed by atoms with E-state index in [1.54, 1.807) is 6.92 Å². The number of piperidine rings is 1. The third-order valence-electron chi connectivity index (χ3n) is 6.21. The average Bonchev–Trinajstić information content (AvgIpc) is 2.66. The van der Waals surface area contributed by atoms with Crippen LogP contribution in [0, 0.1) is 11.8 Å². The fraction of sp³-hybridized carbons (Fsp3) is 0.636. The Kier molecular flexibility index (Phi) is 6.20. The maximum absolute atomic E-state index is 13.0. The number of ketones is 1. The Morgan fingerprint density at radius 2 is 1.59 bits per heavy atom. The summed E-state index contributed by atoms with van der Waals surface area (Å²) < 4.78 is 0. The number of rotatable bonds is 4. The fourth-order valence-corrected chi connectivity index (χ4v) is 4.68. The molecule has 0 radical (unpaired) electrons. The molecular formula is C22H34N3O2+. The lowest BCUT2D eigenvalue weighted by atomic mass is 9.91. The first-order valence-electron chi connectivity index (χ1n) is 10.3. The van der Waals surface area contributed by atoms with E-state index in [9.17, 15) is 9.59 Å². The van der Waals surface area contributed by atoms with E-state index in [-0.39, 0.29) is 11.8 Å². The molecular weight excluding hydrogens is 338 g/mol. The maximum Gasteiger partial charge on any atom is 0.280 e. The van der Waals surface area contributed by atoms with E-state index in [2.05, 4.69) is 30.6 Å². The highest BCUT2D eigenvalue weighted by molar-refractivity contribution is 5.94. The van der Waals surface area contributed by atoms with Crippen LogP contribution in [0.25, 0.3) is 0 Å². The Bertz CT molecular complexity index is 655. The van der Waals surface area contributed by atoms with Gasteiger partial charge in [-0.3, -0.25) is 9.59 Å². The molecule has 1 aromatic rings. The molecule has 1 N–H and O–H groups in total. The minimum atomic E-state index is 0.0322. The van der Waals surface area contributed by atoms with Crippen LogP contribution < -0.4 is 9.80 Å². The van der Waals surface area contributed by atoms with Gasteiger partial charge in [0.05, 0.1) is 26.2 Å². The van der Waals surface area contributed by atoms with Gasteiger partial charge in [0.25, 0.3) is 5.91 Å². The zero-order chi connectivity index (χ0) is 19.6. The second-order valence-electron chi connectivity index (χ2n) is 8.66. The van der Waals surface area contributed by atoms with Crippen LogP contribution in [-0.2, 0) is 4.79 Å². The van der Waals surface area contributed by atoms with Gasteiger partial charge >= 0.3 is 0 Å². The van der Waals surface area contributed by atoms with Crippen molar-refractivity contribution in [1.82, 2.24) is 4.90 Å². The number of carbonyl (C=O) groups excluding carboxylic acids is 2. The lowest BCUT2D eigenvalue weighted by Crippen LogP contribution is -3.19. The van der Waals surface area contributed by atoms with E-state index in [0.29, 0.717) is 17.7 Å². The number of quaternary nitrogens is 1. The van der Waals surface area contributed by atoms with Crippen molar-refractivity contribution in [1.29, 1.82) is 0 Å². The largest absolute Gasteiger partial charge is 0.360 e. The summed E-state index contributed by atoms with van der Waals surface area (Å²) in [6.45, 7) is 13.9. The van der Waals surface area contributed by atoms with Crippen molar-refractivity contribution in [3.05, 3.63) is 29.8 Å². The SMILES string of the molecule is CC(=O)c1ccc(N2CC[NH+]([C@H](C)C(=O)N3C[C@H](C)C[C@@H](C)C3)CC2)cc1. The van der Waals surface area contributed by atoms with E-state index in [1.807, 2.05) is 24.3 Å². The second kappa shape index (κ2) is 8.42. The Hall–Kier alpha value is -1.88. The van der Waals surface area contributed by atoms with E-state index < -0.39 is 0 Å². The van der Waals surface area contributed by atoms with Crippen LogP contribution in [0.1, 0.15) is 44.5 Å². The van der Waals surface area contributed by atoms with Crippen LogP contribution >= 0.6 is 0 Å². The molecule has 0 aromatic heterocycles. The molecule has 2 aliphatic rings. The number of hydrogen-bond donors (Lipinski definition) is 1. The van der Waals surface area contributed by atoms with Crippen LogP contribution in [0.4, 0.5) is 5.69 Å². The number of piperazine rings is 1. The molecule has 27 heavy (non-hydrogen) atoms. The van der Waals surface area contributed by atoms with Crippen LogP contribution in [0.5, 0.6) is 0 Å². The van der Waals surface area contributed by atoms with Gasteiger partial charge in [-0.2, -0.15) is 0 Å². The van der Waals surface area contributed by atoms with Crippen LogP contribution in [-0.4, -0.2) is 61.9 Å². The third-order valence-corrected chi connectivity index (χ3v) is 6.21. The Balaban J connectivity index is 1.55. The summed E-state index contributed by atoms with van der Waals surface area (Å²) in [5, 5.41) is 0. The summed E-state index contributed by atoms with van der Waals surface area (Å²) in [6, 6.07) is 7.91. The summed E-state index contributed by atoms with van der Waals surface area (Å²) in [5.74, 6) is 1.64. The Morgan fingerprint density at radius 1 is 1.04 bits per heavy atom. The number of benzene rings is 1. The minimum absolute atomic E-state index is 0.0322. The molecule has 0 unspecified atom stereocenters. The highest BCUT2D eigenvalue weighted by Crippen LogP contribution is 2.21. The molecule has 3 rings (SSSR count). The molecule has 5 heteroatoms. The van der Waals surface area contributed by atoms with Gasteiger partial charge in [-0.05, 0) is 56.4 Å². The van der Waals surface area contributed by atoms with Gasteiger partial charge in [0, 0.05) is 24.3 Å². The molecule has 0 bridgehead atoms. The van der Waals surface area contributed by atoms with E-state index in [4.69, 9.17) is 0 Å². The molecule has 2 heterocycles. The lowest BCUT2D eigenvalue weighted by Gasteiger charge is -2.40. The molecule has 2 aliphatic heterocycles. The average molecular weight is 373 g/mol. The number of Topliss-reactive ketones (excluding diaryl/α,β-unsaturated/α-hetero) is 1. The number of amides is 1. The van der Waals surface area contributed by atoms with Crippen molar-refractivity contribution in [3.8, 4) is 0 Å². The zero-order valence-electron chi connectivity index (χ0n) is 17.2. The van der Waals surface area contributed by atoms with Gasteiger partial charge in [0.1, 0.15) is 0 Å². The first kappa shape index (κ1) is 19.9. The first-order valence-corrected chi connectivity index (χ1v) is 10.3. The molecule has 0 spiro atoms. The molecule has 1 amide bonds. The van der Waals surface area contributed by atoms with Gasteiger partial charge in [-0.25, -0.2) is 0 Å². The third kappa shape index (κ3) is 4.70. The minimum Gasteiger partial charge on any atom is -0.360 e. The van der Waals surface area contributed by atoms with E-state index in [0.717, 1.165) is 50.5 Å². The van der Waals surface area contributed by atoms with Crippen molar-refractivity contribution in [2.75, 3.05) is 44.2 Å². The quantitative estimate of drug-likeness (QED) is 0.815. The predicted octanol–water partition coefficient (Wildman–Crippen LogP) is 1.49. The normalized spacial score (nSPS) is 25.3. The Morgan fingerprint density at radius 3 is 2.11 bits per heavy atom. The number of carbonyl (C=O) groups is 2. The second-order valence-corrected chi connectivity index (χ2v) is 8.66. The van der Waals surface area contributed by atoms with Crippen molar-refractivity contribution >= 4 is 17.4 Å². The zero-order valence-corrected chi connectivity index (χ0v) is 17.2. The molecule has 2 saturated heterocycles. The monoisotopic (exact) mass is 372 g/mol. The van der Waals surface area contributed by atoms with E-state index in [1.165, 1.54) is 11.3 Å². The lowest BCUT2D eigenvalue weighted by molar-refractivity contribution is -0.915. The fourth-order valence-electron chi connectivity index (χ4n) is 4.68. The van der Waals surface area contributed by atoms with Gasteiger partial charge < -0.3 is 14.7 Å². The number of hydrogen-bond acceptors (Lipinski definition) is 3. The molecule has 2 fully saturated rings. The van der Waals surface area contributed by atoms with Gasteiger partial charge in [-0.1, -0.05) is 13.8 Å². The summed E-state index contributed by atoms with van der Waals surface area (Å²) in [5.41, 5.74) is 1.92. The standard InChI is InChI=1S/C22H33N3O2/c1-16-13-17(2)15-25(14-16)22(27)18(3)23-9-11-24(12-10-23)21-7-5-20(6-8-21)19(4)26/h5-8,16-18H,9-15H2,1-4H3/p+1/t16-,17-,18-/m1/s1. The van der Waals surface area contributed by atoms with Crippen molar-refractivity contribution in [3.63, 3.8) is 0 Å². The van der Waals surface area contributed by atoms with Crippen LogP contribution in [0.3, 0.4) is 0 Å². The smallest absolute Gasteiger partial charge is 0.280 e. The van der Waals surface area contributed by atoms with Crippen molar-refractivity contribution in [2.45, 2.75) is 40.2 Å². The molecule has 148 valence electrons. The molecule has 0 saturated carbocycles. The summed E-state index contributed by atoms with van der Waals surface area (Å²) in [4.78, 5) is 30.3. The van der Waals surface area contributed by atoms with Gasteiger partial charge in [0.2, 0.25) is 0 Å². The molecule has 1 aromatic carbocycles. The van der Waals surface area contributed by atoms with E-state index >= 15 is 0 Å². The predicted molar refractivity (Wildman–Crippen MR) is 108 cm³/mol. The first-order chi connectivity index (χ1) is 12.8. The summed E-state index contributed by atoms with van der Waals surface area (Å²) in [7, 11) is 0. The number of likely N-dealkylation sites (tertiary alicyclic amines) is 1. The summed E-state index contributed by atoms with van der Waals surface area (Å²) >= 11 is 0. The maximum atomic E-state index is 13.0. The van der Waals surface area contributed by atoms with Crippen molar-refractivity contribution < 1.29 is 14.5 Å².